The molecule has 1 aromatic carbocycles. The Balaban J connectivity index is 1.63. The summed E-state index contributed by atoms with van der Waals surface area (Å²) in [6, 6.07) is 2.77. The van der Waals surface area contributed by atoms with Gasteiger partial charge in [0.1, 0.15) is 11.5 Å². The van der Waals surface area contributed by atoms with Gasteiger partial charge in [0.05, 0.1) is 10.7 Å². The molecular weight excluding hydrogens is 348 g/mol. The molecule has 2 aliphatic rings. The van der Waals surface area contributed by atoms with Gasteiger partial charge in [-0.05, 0) is 46.2 Å². The zero-order chi connectivity index (χ0) is 15.9. The first-order chi connectivity index (χ1) is 10.4. The van der Waals surface area contributed by atoms with Gasteiger partial charge in [-0.25, -0.2) is 5.43 Å². The van der Waals surface area contributed by atoms with Crippen LogP contribution < -0.4 is 5.43 Å². The van der Waals surface area contributed by atoms with Crippen LogP contribution in [0.2, 0.25) is 0 Å². The van der Waals surface area contributed by atoms with Crippen LogP contribution in [-0.4, -0.2) is 22.3 Å². The number of carbonyl (C=O) groups excluding carboxylic acids is 1. The number of phenolic OH excluding ortho intramolecular Hbond substituents is 2. The van der Waals surface area contributed by atoms with Gasteiger partial charge < -0.3 is 10.2 Å². The van der Waals surface area contributed by atoms with Crippen LogP contribution in [0, 0.1) is 17.3 Å². The first kappa shape index (κ1) is 15.3. The van der Waals surface area contributed by atoms with E-state index in [1.54, 1.807) is 6.07 Å². The highest BCUT2D eigenvalue weighted by atomic mass is 79.9. The lowest BCUT2D eigenvalue weighted by Gasteiger charge is -2.15. The number of hydrazone groups is 1. The number of rotatable bonds is 3. The van der Waals surface area contributed by atoms with E-state index < -0.39 is 0 Å². The standard InChI is InChI=1S/C16H19BrN2O3/c1-16-5-3-2-4-10(16)14(16)15(22)19-18-8-9-6-11(17)13(21)7-12(9)20/h6-8,10,14,20-21H,2-5H2,1H3,(H,19,22)/b18-8-. The van der Waals surface area contributed by atoms with Crippen LogP contribution in [-0.2, 0) is 4.79 Å². The molecule has 2 fully saturated rings. The van der Waals surface area contributed by atoms with E-state index in [1.165, 1.54) is 25.1 Å². The molecule has 1 amide bonds. The van der Waals surface area contributed by atoms with Gasteiger partial charge in [0.25, 0.3) is 0 Å². The molecule has 0 saturated heterocycles. The molecule has 2 aliphatic carbocycles. The lowest BCUT2D eigenvalue weighted by Crippen LogP contribution is -2.22. The molecule has 3 rings (SSSR count). The number of fused-ring (bicyclic) bond motifs is 1. The van der Waals surface area contributed by atoms with Crippen molar-refractivity contribution in [1.29, 1.82) is 0 Å². The van der Waals surface area contributed by atoms with Gasteiger partial charge in [-0.2, -0.15) is 5.10 Å². The highest BCUT2D eigenvalue weighted by molar-refractivity contribution is 9.10. The summed E-state index contributed by atoms with van der Waals surface area (Å²) in [5.74, 6) is 0.377. The van der Waals surface area contributed by atoms with Gasteiger partial charge >= 0.3 is 0 Å². The van der Waals surface area contributed by atoms with Crippen molar-refractivity contribution in [2.45, 2.75) is 32.6 Å². The van der Waals surface area contributed by atoms with E-state index in [0.29, 0.717) is 16.0 Å². The van der Waals surface area contributed by atoms with Gasteiger partial charge in [-0.1, -0.05) is 19.8 Å². The average molecular weight is 367 g/mol. The van der Waals surface area contributed by atoms with Gasteiger partial charge in [-0.3, -0.25) is 4.79 Å². The smallest absolute Gasteiger partial charge is 0.244 e. The van der Waals surface area contributed by atoms with Crippen molar-refractivity contribution in [2.24, 2.45) is 22.4 Å². The summed E-state index contributed by atoms with van der Waals surface area (Å²) in [7, 11) is 0. The topological polar surface area (TPSA) is 81.9 Å². The lowest BCUT2D eigenvalue weighted by atomic mass is 9.90. The third-order valence-corrected chi connectivity index (χ3v) is 5.72. The number of hydrogen-bond donors (Lipinski definition) is 3. The Labute approximate surface area is 137 Å². The van der Waals surface area contributed by atoms with E-state index in [1.807, 2.05) is 0 Å². The van der Waals surface area contributed by atoms with Crippen molar-refractivity contribution in [3.63, 3.8) is 0 Å². The Kier molecular flexibility index (Phi) is 3.89. The number of nitrogens with one attached hydrogen (secondary N) is 1. The van der Waals surface area contributed by atoms with Gasteiger partial charge in [0.2, 0.25) is 5.91 Å². The molecule has 3 atom stereocenters. The highest BCUT2D eigenvalue weighted by Crippen LogP contribution is 2.66. The number of nitrogens with zero attached hydrogens (tertiary/aromatic N) is 1. The predicted molar refractivity (Wildman–Crippen MR) is 86.8 cm³/mol. The molecule has 0 radical (unpaired) electrons. The molecule has 0 heterocycles. The number of benzene rings is 1. The summed E-state index contributed by atoms with van der Waals surface area (Å²) in [5, 5.41) is 23.1. The monoisotopic (exact) mass is 366 g/mol. The molecule has 5 nitrogen and oxygen atoms in total. The second kappa shape index (κ2) is 5.57. The third-order valence-electron chi connectivity index (χ3n) is 5.09. The molecule has 6 heteroatoms. The summed E-state index contributed by atoms with van der Waals surface area (Å²) in [4.78, 5) is 12.2. The quantitative estimate of drug-likeness (QED) is 0.567. The first-order valence-electron chi connectivity index (χ1n) is 7.48. The van der Waals surface area contributed by atoms with Crippen molar-refractivity contribution in [1.82, 2.24) is 5.43 Å². The van der Waals surface area contributed by atoms with Crippen LogP contribution in [0.3, 0.4) is 0 Å². The second-order valence-corrected chi connectivity index (χ2v) is 7.29. The van der Waals surface area contributed by atoms with E-state index in [0.717, 1.165) is 12.8 Å². The normalized spacial score (nSPS) is 30.1. The van der Waals surface area contributed by atoms with Crippen molar-refractivity contribution in [3.8, 4) is 11.5 Å². The number of amides is 1. The lowest BCUT2D eigenvalue weighted by molar-refractivity contribution is -0.123. The zero-order valence-electron chi connectivity index (χ0n) is 12.3. The van der Waals surface area contributed by atoms with Crippen LogP contribution in [0.1, 0.15) is 38.2 Å². The maximum Gasteiger partial charge on any atom is 0.244 e. The fourth-order valence-corrected chi connectivity index (χ4v) is 4.12. The number of phenols is 2. The van der Waals surface area contributed by atoms with Gasteiger partial charge in [0.15, 0.2) is 0 Å². The molecule has 0 bridgehead atoms. The van der Waals surface area contributed by atoms with Crippen molar-refractivity contribution in [2.75, 3.05) is 0 Å². The van der Waals surface area contributed by atoms with Crippen molar-refractivity contribution in [3.05, 3.63) is 22.2 Å². The average Bonchev–Trinajstić information content (AvgIpc) is 3.10. The number of aromatic hydroxyl groups is 2. The van der Waals surface area contributed by atoms with Gasteiger partial charge in [-0.15, -0.1) is 0 Å². The summed E-state index contributed by atoms with van der Waals surface area (Å²) in [6.45, 7) is 2.19. The third kappa shape index (κ3) is 2.60. The zero-order valence-corrected chi connectivity index (χ0v) is 13.9. The summed E-state index contributed by atoms with van der Waals surface area (Å²) in [5.41, 5.74) is 3.15. The van der Waals surface area contributed by atoms with E-state index in [9.17, 15) is 15.0 Å². The minimum Gasteiger partial charge on any atom is -0.507 e. The Bertz CT molecular complexity index is 647. The Morgan fingerprint density at radius 1 is 1.41 bits per heavy atom. The molecule has 0 spiro atoms. The van der Waals surface area contributed by atoms with E-state index in [-0.39, 0.29) is 28.7 Å². The maximum absolute atomic E-state index is 12.2. The van der Waals surface area contributed by atoms with Gasteiger partial charge in [0, 0.05) is 17.5 Å². The van der Waals surface area contributed by atoms with Crippen LogP contribution in [0.5, 0.6) is 11.5 Å². The minimum atomic E-state index is -0.0919. The van der Waals surface area contributed by atoms with Crippen molar-refractivity contribution < 1.29 is 15.0 Å². The van der Waals surface area contributed by atoms with Crippen LogP contribution >= 0.6 is 15.9 Å². The molecule has 118 valence electrons. The minimum absolute atomic E-state index is 0.0389. The van der Waals surface area contributed by atoms with E-state index >= 15 is 0 Å². The van der Waals surface area contributed by atoms with Crippen molar-refractivity contribution >= 4 is 28.1 Å². The molecule has 1 aromatic rings. The maximum atomic E-state index is 12.2. The summed E-state index contributed by atoms with van der Waals surface area (Å²) >= 11 is 3.17. The molecule has 0 aromatic heterocycles. The Hall–Kier alpha value is -1.56. The number of carbonyl (C=O) groups is 1. The van der Waals surface area contributed by atoms with Crippen LogP contribution in [0.25, 0.3) is 0 Å². The largest absolute Gasteiger partial charge is 0.507 e. The first-order valence-corrected chi connectivity index (χ1v) is 8.27. The fourth-order valence-electron chi connectivity index (χ4n) is 3.76. The highest BCUT2D eigenvalue weighted by Gasteiger charge is 2.64. The molecule has 3 unspecified atom stereocenters. The molecule has 3 N–H and O–H groups in total. The van der Waals surface area contributed by atoms with E-state index in [2.05, 4.69) is 33.4 Å². The molecule has 2 saturated carbocycles. The SMILES string of the molecule is CC12CCCCC1C2C(=O)N/N=C\c1cc(Br)c(O)cc1O. The molecule has 0 aliphatic heterocycles. The molecular formula is C16H19BrN2O3. The second-order valence-electron chi connectivity index (χ2n) is 6.43. The fraction of sp³-hybridized carbons (Fsp3) is 0.500. The Morgan fingerprint density at radius 3 is 2.86 bits per heavy atom. The summed E-state index contributed by atoms with van der Waals surface area (Å²) in [6.07, 6.45) is 6.04. The summed E-state index contributed by atoms with van der Waals surface area (Å²) < 4.78 is 0.457. The van der Waals surface area contributed by atoms with Crippen LogP contribution in [0.4, 0.5) is 0 Å². The van der Waals surface area contributed by atoms with E-state index in [4.69, 9.17) is 0 Å². The number of halogens is 1. The predicted octanol–water partition coefficient (Wildman–Crippen LogP) is 3.14. The number of hydrogen-bond acceptors (Lipinski definition) is 4. The van der Waals surface area contributed by atoms with Crippen LogP contribution in [0.15, 0.2) is 21.7 Å². The Morgan fingerprint density at radius 2 is 2.18 bits per heavy atom. The molecule has 22 heavy (non-hydrogen) atoms.